The predicted octanol–water partition coefficient (Wildman–Crippen LogP) is 1.15. The van der Waals surface area contributed by atoms with Gasteiger partial charge in [-0.15, -0.1) is 0 Å². The quantitative estimate of drug-likeness (QED) is 0.468. The number of nitrogens with two attached hydrogens (primary N) is 2. The highest BCUT2D eigenvalue weighted by Gasteiger charge is 2.57. The molecule has 1 aliphatic heterocycles. The molecule has 32 heavy (non-hydrogen) atoms. The van der Waals surface area contributed by atoms with Crippen molar-refractivity contribution in [2.75, 3.05) is 6.61 Å². The van der Waals surface area contributed by atoms with Crippen molar-refractivity contribution in [3.8, 4) is 6.07 Å². The molecule has 0 aromatic rings. The lowest BCUT2D eigenvalue weighted by Crippen LogP contribution is -2.58. The van der Waals surface area contributed by atoms with Crippen LogP contribution < -0.4 is 11.5 Å². The third-order valence-corrected chi connectivity index (χ3v) is 8.25. The number of amides is 1. The van der Waals surface area contributed by atoms with Gasteiger partial charge in [0.15, 0.2) is 0 Å². The lowest BCUT2D eigenvalue weighted by Gasteiger charge is -2.51. The molecule has 3 aliphatic carbocycles. The Labute approximate surface area is 188 Å². The Morgan fingerprint density at radius 2 is 2.00 bits per heavy atom. The van der Waals surface area contributed by atoms with Crippen LogP contribution in [0.1, 0.15) is 64.2 Å². The number of likely N-dealkylation sites (tertiary alicyclic amines) is 1. The maximum Gasteiger partial charge on any atom is 0.323 e. The number of nitrogens with zero attached hydrogens (tertiary/aromatic N) is 2. The highest BCUT2D eigenvalue weighted by Crippen LogP contribution is 2.55. The fourth-order valence-electron chi connectivity index (χ4n) is 6.68. The van der Waals surface area contributed by atoms with Gasteiger partial charge in [-0.3, -0.25) is 14.4 Å². The topological polar surface area (TPSA) is 160 Å². The first kappa shape index (κ1) is 23.0. The van der Waals surface area contributed by atoms with Crippen LogP contribution in [0.5, 0.6) is 0 Å². The number of carbonyl (C=O) groups is 3. The van der Waals surface area contributed by atoms with Crippen molar-refractivity contribution in [3.63, 3.8) is 0 Å². The average Bonchev–Trinajstić information content (AvgIpc) is 3.41. The molecule has 9 heteroatoms. The predicted molar refractivity (Wildman–Crippen MR) is 114 cm³/mol. The zero-order valence-corrected chi connectivity index (χ0v) is 18.4. The van der Waals surface area contributed by atoms with Crippen LogP contribution in [0.3, 0.4) is 0 Å². The summed E-state index contributed by atoms with van der Waals surface area (Å²) in [4.78, 5) is 37.8. The van der Waals surface area contributed by atoms with E-state index in [1.165, 1.54) is 0 Å². The Balaban J connectivity index is 1.37. The minimum absolute atomic E-state index is 0.0612. The molecule has 1 amide bonds. The molecule has 4 aliphatic rings. The first-order valence-electron chi connectivity index (χ1n) is 11.9. The smallest absolute Gasteiger partial charge is 0.323 e. The lowest BCUT2D eigenvalue weighted by molar-refractivity contribution is -0.150. The number of nitriles is 1. The molecule has 176 valence electrons. The van der Waals surface area contributed by atoms with Gasteiger partial charge >= 0.3 is 11.9 Å². The summed E-state index contributed by atoms with van der Waals surface area (Å²) in [6.07, 6.45) is 7.84. The number of aliphatic carboxylic acids is 1. The average molecular weight is 447 g/mol. The number of carboxylic acid groups (broad SMARTS) is 1. The summed E-state index contributed by atoms with van der Waals surface area (Å²) in [7, 11) is 0. The minimum Gasteiger partial charge on any atom is -0.481 e. The van der Waals surface area contributed by atoms with Gasteiger partial charge < -0.3 is 26.2 Å². The number of rotatable bonds is 8. The van der Waals surface area contributed by atoms with Crippen molar-refractivity contribution in [1.29, 1.82) is 5.26 Å². The zero-order chi connectivity index (χ0) is 23.0. The van der Waals surface area contributed by atoms with Crippen LogP contribution in [-0.2, 0) is 19.1 Å². The van der Waals surface area contributed by atoms with Gasteiger partial charge in [0, 0.05) is 6.04 Å². The molecule has 2 bridgehead atoms. The molecule has 0 spiro atoms. The second-order valence-electron chi connectivity index (χ2n) is 10.5. The van der Waals surface area contributed by atoms with Crippen molar-refractivity contribution >= 4 is 17.8 Å². The molecule has 4 fully saturated rings. The molecule has 0 radical (unpaired) electrons. The fourth-order valence-corrected chi connectivity index (χ4v) is 6.68. The van der Waals surface area contributed by atoms with Crippen molar-refractivity contribution in [1.82, 2.24) is 4.90 Å². The molecule has 0 aromatic heterocycles. The number of hydrogen-bond acceptors (Lipinski definition) is 7. The number of ether oxygens (including phenoxy) is 1. The fraction of sp³-hybridized carbons (Fsp3) is 0.826. The monoisotopic (exact) mass is 446 g/mol. The van der Waals surface area contributed by atoms with Crippen LogP contribution in [0, 0.1) is 34.5 Å². The van der Waals surface area contributed by atoms with Gasteiger partial charge in [-0.25, -0.2) is 0 Å². The highest BCUT2D eigenvalue weighted by atomic mass is 16.5. The van der Waals surface area contributed by atoms with E-state index in [1.807, 2.05) is 0 Å². The maximum atomic E-state index is 13.4. The number of hydrogen-bond donors (Lipinski definition) is 3. The van der Waals surface area contributed by atoms with Crippen LogP contribution in [0.4, 0.5) is 0 Å². The van der Waals surface area contributed by atoms with Crippen molar-refractivity contribution in [2.45, 2.75) is 88.4 Å². The van der Waals surface area contributed by atoms with Gasteiger partial charge in [-0.1, -0.05) is 12.8 Å². The molecular weight excluding hydrogens is 412 g/mol. The third-order valence-electron chi connectivity index (χ3n) is 8.25. The second kappa shape index (κ2) is 8.99. The second-order valence-corrected chi connectivity index (χ2v) is 10.5. The van der Waals surface area contributed by atoms with E-state index in [0.29, 0.717) is 18.3 Å². The number of carbonyl (C=O) groups excluding carboxylic acids is 2. The van der Waals surface area contributed by atoms with Crippen LogP contribution in [0.2, 0.25) is 0 Å². The summed E-state index contributed by atoms with van der Waals surface area (Å²) in [6.45, 7) is 0.190. The molecule has 8 atom stereocenters. The van der Waals surface area contributed by atoms with Crippen molar-refractivity contribution in [2.24, 2.45) is 34.6 Å². The van der Waals surface area contributed by atoms with Gasteiger partial charge in [0.1, 0.15) is 12.1 Å². The number of fused-ring (bicyclic) bond motifs is 3. The summed E-state index contributed by atoms with van der Waals surface area (Å²) in [5.41, 5.74) is 12.0. The van der Waals surface area contributed by atoms with E-state index in [-0.39, 0.29) is 35.9 Å². The summed E-state index contributed by atoms with van der Waals surface area (Å²) in [5.74, 6) is -0.631. The van der Waals surface area contributed by atoms with Gasteiger partial charge in [0.2, 0.25) is 5.91 Å². The molecule has 5 N–H and O–H groups in total. The minimum atomic E-state index is -1.16. The molecule has 3 saturated carbocycles. The lowest BCUT2D eigenvalue weighted by atomic mass is 9.55. The SMILES string of the molecule is N#CC1CC2CC2N1C(=O)C(N)C12CCCC(CC(CCOC(=O)C(N)CC(=O)O)C1)C2. The molecule has 9 nitrogen and oxygen atoms in total. The summed E-state index contributed by atoms with van der Waals surface area (Å²) >= 11 is 0. The standard InChI is InChI=1S/C23H34N4O5/c24-12-16-7-15-8-18(15)27(16)21(30)20(26)23-4-1-2-13(10-23)6-14(11-23)3-5-32-22(31)17(25)9-19(28)29/h13-18,20H,1-11,25-26H2,(H,28,29). The molecule has 8 unspecified atom stereocenters. The first-order valence-corrected chi connectivity index (χ1v) is 11.9. The Hall–Kier alpha value is -2.18. The molecule has 1 heterocycles. The third kappa shape index (κ3) is 4.48. The summed E-state index contributed by atoms with van der Waals surface area (Å²) in [6, 6.07) is 0.382. The number of esters is 1. The van der Waals surface area contributed by atoms with Gasteiger partial charge in [0.25, 0.3) is 0 Å². The number of carboxylic acids is 1. The molecular formula is C23H34N4O5. The Bertz CT molecular complexity index is 813. The van der Waals surface area contributed by atoms with E-state index in [2.05, 4.69) is 6.07 Å². The number of piperidine rings is 1. The normalized spacial score (nSPS) is 37.0. The van der Waals surface area contributed by atoms with Crippen LogP contribution in [0.15, 0.2) is 0 Å². The van der Waals surface area contributed by atoms with Gasteiger partial charge in [-0.05, 0) is 68.1 Å². The van der Waals surface area contributed by atoms with E-state index >= 15 is 0 Å². The van der Waals surface area contributed by atoms with E-state index in [0.717, 1.165) is 51.4 Å². The Kier molecular flexibility index (Phi) is 6.46. The maximum absolute atomic E-state index is 13.4. The molecule has 1 saturated heterocycles. The first-order chi connectivity index (χ1) is 15.2. The zero-order valence-electron chi connectivity index (χ0n) is 18.4. The summed E-state index contributed by atoms with van der Waals surface area (Å²) < 4.78 is 5.23. The molecule has 0 aromatic carbocycles. The van der Waals surface area contributed by atoms with Crippen LogP contribution >= 0.6 is 0 Å². The Morgan fingerprint density at radius 1 is 1.22 bits per heavy atom. The van der Waals surface area contributed by atoms with Crippen molar-refractivity contribution in [3.05, 3.63) is 0 Å². The van der Waals surface area contributed by atoms with Gasteiger partial charge in [0.05, 0.1) is 25.1 Å². The Morgan fingerprint density at radius 3 is 2.72 bits per heavy atom. The van der Waals surface area contributed by atoms with E-state index < -0.39 is 30.4 Å². The van der Waals surface area contributed by atoms with E-state index in [9.17, 15) is 19.6 Å². The highest BCUT2D eigenvalue weighted by molar-refractivity contribution is 5.84. The largest absolute Gasteiger partial charge is 0.481 e. The summed E-state index contributed by atoms with van der Waals surface area (Å²) in [5, 5.41) is 18.3. The molecule has 4 rings (SSSR count). The van der Waals surface area contributed by atoms with Crippen LogP contribution in [0.25, 0.3) is 0 Å². The van der Waals surface area contributed by atoms with Crippen molar-refractivity contribution < 1.29 is 24.2 Å². The van der Waals surface area contributed by atoms with E-state index in [1.54, 1.807) is 4.90 Å². The van der Waals surface area contributed by atoms with Gasteiger partial charge in [-0.2, -0.15) is 5.26 Å². The van der Waals surface area contributed by atoms with Crippen LogP contribution in [-0.4, -0.2) is 58.6 Å². The van der Waals surface area contributed by atoms with E-state index in [4.69, 9.17) is 21.3 Å².